The lowest BCUT2D eigenvalue weighted by Crippen LogP contribution is -2.58. The second kappa shape index (κ2) is 9.27. The van der Waals surface area contributed by atoms with Crippen LogP contribution in [0, 0.1) is 3.57 Å². The van der Waals surface area contributed by atoms with E-state index in [0.717, 1.165) is 5.56 Å². The zero-order chi connectivity index (χ0) is 22.6. The van der Waals surface area contributed by atoms with E-state index in [1.54, 1.807) is 0 Å². The van der Waals surface area contributed by atoms with Gasteiger partial charge in [0, 0.05) is 0 Å². The average molecular weight is 550 g/mol. The summed E-state index contributed by atoms with van der Waals surface area (Å²) < 4.78 is 99.8. The third-order valence-electron chi connectivity index (χ3n) is 3.65. The maximum atomic E-state index is 13.2. The molecule has 164 valence electrons. The average Bonchev–Trinajstić information content (AvgIpc) is 2.66. The van der Waals surface area contributed by atoms with Crippen molar-refractivity contribution < 1.29 is 40.2 Å². The Labute approximate surface area is 180 Å². The van der Waals surface area contributed by atoms with Crippen molar-refractivity contribution in [2.45, 2.75) is 24.8 Å². The molecule has 0 fully saturated rings. The number of nitrogens with zero attached hydrogens (tertiary/aromatic N) is 1. The number of hydrogen-bond acceptors (Lipinski definition) is 4. The molecule has 0 aliphatic carbocycles. The van der Waals surface area contributed by atoms with Crippen LogP contribution in [0.25, 0.3) is 0 Å². The summed E-state index contributed by atoms with van der Waals surface area (Å²) in [5, 5.41) is 2.83. The highest BCUT2D eigenvalue weighted by Crippen LogP contribution is 2.45. The predicted molar refractivity (Wildman–Crippen MR) is 103 cm³/mol. The SMILES string of the molecule is COc1cc(/C=N/NC(F)(F)C(F)(F)C(F)(F)F)cc(I)c1OCc1ccccc1. The highest BCUT2D eigenvalue weighted by molar-refractivity contribution is 14.1. The first-order valence-electron chi connectivity index (χ1n) is 8.06. The summed E-state index contributed by atoms with van der Waals surface area (Å²) in [5.74, 6) is -5.79. The minimum absolute atomic E-state index is 0.0990. The van der Waals surface area contributed by atoms with E-state index in [2.05, 4.69) is 5.10 Å². The van der Waals surface area contributed by atoms with Crippen molar-refractivity contribution in [3.63, 3.8) is 0 Å². The van der Waals surface area contributed by atoms with Gasteiger partial charge in [0.2, 0.25) is 0 Å². The van der Waals surface area contributed by atoms with Crippen LogP contribution in [0.5, 0.6) is 11.5 Å². The zero-order valence-electron chi connectivity index (χ0n) is 15.1. The molecular weight excluding hydrogens is 536 g/mol. The number of nitrogens with one attached hydrogen (secondary N) is 1. The zero-order valence-corrected chi connectivity index (χ0v) is 17.3. The molecule has 0 aliphatic rings. The van der Waals surface area contributed by atoms with Crippen LogP contribution in [0.4, 0.5) is 30.7 Å². The molecule has 0 aromatic heterocycles. The monoisotopic (exact) mass is 550 g/mol. The lowest BCUT2D eigenvalue weighted by Gasteiger charge is -2.27. The normalized spacial score (nSPS) is 12.8. The van der Waals surface area contributed by atoms with Crippen LogP contribution in [0.3, 0.4) is 0 Å². The number of benzene rings is 2. The summed E-state index contributed by atoms with van der Waals surface area (Å²) in [6.07, 6.45) is -5.79. The third kappa shape index (κ3) is 5.46. The smallest absolute Gasteiger partial charge is 0.462 e. The van der Waals surface area contributed by atoms with E-state index in [-0.39, 0.29) is 17.9 Å². The molecular formula is C18H14F7IN2O2. The van der Waals surface area contributed by atoms with Crippen LogP contribution >= 0.6 is 22.6 Å². The third-order valence-corrected chi connectivity index (χ3v) is 4.45. The molecule has 0 amide bonds. The number of hydrogen-bond donors (Lipinski definition) is 1. The Morgan fingerprint density at radius 1 is 1.03 bits per heavy atom. The van der Waals surface area contributed by atoms with Gasteiger partial charge in [-0.3, -0.25) is 0 Å². The van der Waals surface area contributed by atoms with Gasteiger partial charge < -0.3 is 9.47 Å². The van der Waals surface area contributed by atoms with Crippen molar-refractivity contribution in [3.8, 4) is 11.5 Å². The fourth-order valence-corrected chi connectivity index (χ4v) is 2.90. The molecule has 0 bridgehead atoms. The van der Waals surface area contributed by atoms with Crippen LogP contribution in [-0.4, -0.2) is 31.5 Å². The molecule has 0 spiro atoms. The Kier molecular flexibility index (Phi) is 7.42. The van der Waals surface area contributed by atoms with Crippen LogP contribution in [0.1, 0.15) is 11.1 Å². The van der Waals surface area contributed by atoms with E-state index in [4.69, 9.17) is 9.47 Å². The van der Waals surface area contributed by atoms with Crippen molar-refractivity contribution >= 4 is 28.8 Å². The lowest BCUT2D eigenvalue weighted by molar-refractivity contribution is -0.361. The summed E-state index contributed by atoms with van der Waals surface area (Å²) in [6.45, 7) is 0.209. The summed E-state index contributed by atoms with van der Waals surface area (Å²) in [7, 11) is 1.32. The van der Waals surface area contributed by atoms with E-state index in [1.807, 2.05) is 52.9 Å². The number of halogens is 8. The lowest BCUT2D eigenvalue weighted by atomic mass is 10.2. The molecule has 12 heteroatoms. The van der Waals surface area contributed by atoms with Gasteiger partial charge in [-0.1, -0.05) is 30.3 Å². The molecule has 30 heavy (non-hydrogen) atoms. The Morgan fingerprint density at radius 3 is 2.23 bits per heavy atom. The molecule has 2 aromatic rings. The predicted octanol–water partition coefficient (Wildman–Crippen LogP) is 5.59. The Morgan fingerprint density at radius 2 is 1.67 bits per heavy atom. The second-order valence-electron chi connectivity index (χ2n) is 5.82. The fraction of sp³-hybridized carbons (Fsp3) is 0.278. The van der Waals surface area contributed by atoms with E-state index in [1.165, 1.54) is 19.2 Å². The highest BCUT2D eigenvalue weighted by Gasteiger charge is 2.73. The van der Waals surface area contributed by atoms with Gasteiger partial charge in [-0.2, -0.15) is 35.8 Å². The van der Waals surface area contributed by atoms with Crippen molar-refractivity contribution in [2.24, 2.45) is 5.10 Å². The van der Waals surface area contributed by atoms with Crippen LogP contribution in [0.2, 0.25) is 0 Å². The molecule has 2 rings (SSSR count). The van der Waals surface area contributed by atoms with E-state index < -0.39 is 18.1 Å². The Bertz CT molecular complexity index is 890. The van der Waals surface area contributed by atoms with Gasteiger partial charge in [-0.15, -0.1) is 0 Å². The van der Waals surface area contributed by atoms with Gasteiger partial charge in [0.05, 0.1) is 16.9 Å². The van der Waals surface area contributed by atoms with Gasteiger partial charge in [0.25, 0.3) is 0 Å². The van der Waals surface area contributed by atoms with E-state index in [9.17, 15) is 30.7 Å². The molecule has 0 radical (unpaired) electrons. The summed E-state index contributed by atoms with van der Waals surface area (Å²) in [5.41, 5.74) is 1.54. The summed E-state index contributed by atoms with van der Waals surface area (Å²) in [4.78, 5) is 0. The summed E-state index contributed by atoms with van der Waals surface area (Å²) >= 11 is 1.86. The first-order chi connectivity index (χ1) is 13.9. The molecule has 0 unspecified atom stereocenters. The molecule has 0 aliphatic heterocycles. The topological polar surface area (TPSA) is 42.8 Å². The first-order valence-corrected chi connectivity index (χ1v) is 9.14. The maximum absolute atomic E-state index is 13.2. The Hall–Kier alpha value is -2.25. The quantitative estimate of drug-likeness (QED) is 0.153. The van der Waals surface area contributed by atoms with Crippen molar-refractivity contribution in [1.82, 2.24) is 5.43 Å². The van der Waals surface area contributed by atoms with E-state index in [0.29, 0.717) is 21.0 Å². The molecule has 0 saturated carbocycles. The van der Waals surface area contributed by atoms with E-state index >= 15 is 0 Å². The van der Waals surface area contributed by atoms with Crippen LogP contribution in [0.15, 0.2) is 47.6 Å². The van der Waals surface area contributed by atoms with Gasteiger partial charge in [-0.05, 0) is 45.9 Å². The van der Waals surface area contributed by atoms with Crippen LogP contribution in [-0.2, 0) is 6.61 Å². The molecule has 0 atom stereocenters. The fourth-order valence-electron chi connectivity index (χ4n) is 2.12. The Balaban J connectivity index is 2.16. The van der Waals surface area contributed by atoms with Crippen molar-refractivity contribution in [3.05, 3.63) is 57.2 Å². The molecule has 1 N–H and O–H groups in total. The maximum Gasteiger partial charge on any atom is 0.462 e. The standard InChI is InChI=1S/C18H14F7IN2O2/c1-29-14-8-12(9-27-28-18(24,25)16(19,20)17(21,22)23)7-13(26)15(14)30-10-11-5-3-2-4-6-11/h2-9,28H,10H2,1H3/b27-9+. The first kappa shape index (κ1) is 24.0. The van der Waals surface area contributed by atoms with Crippen molar-refractivity contribution in [1.29, 1.82) is 0 Å². The minimum atomic E-state index is -6.45. The highest BCUT2D eigenvalue weighted by atomic mass is 127. The second-order valence-corrected chi connectivity index (χ2v) is 6.99. The number of hydrazone groups is 1. The molecule has 0 heterocycles. The van der Waals surface area contributed by atoms with Gasteiger partial charge in [0.15, 0.2) is 11.5 Å². The summed E-state index contributed by atoms with van der Waals surface area (Å²) in [6, 6.07) is 6.22. The van der Waals surface area contributed by atoms with Gasteiger partial charge >= 0.3 is 18.1 Å². The largest absolute Gasteiger partial charge is 0.493 e. The number of rotatable bonds is 8. The molecule has 0 saturated heterocycles. The number of ether oxygens (including phenoxy) is 2. The van der Waals surface area contributed by atoms with Gasteiger partial charge in [-0.25, -0.2) is 5.43 Å². The van der Waals surface area contributed by atoms with Crippen molar-refractivity contribution in [2.75, 3.05) is 7.11 Å². The minimum Gasteiger partial charge on any atom is -0.493 e. The van der Waals surface area contributed by atoms with Crippen LogP contribution < -0.4 is 14.9 Å². The molecule has 4 nitrogen and oxygen atoms in total. The van der Waals surface area contributed by atoms with Gasteiger partial charge in [0.1, 0.15) is 6.61 Å². The number of methoxy groups -OCH3 is 1. The molecule has 2 aromatic carbocycles. The number of alkyl halides is 7.